The molecular formula is C14H16N4O2. The lowest BCUT2D eigenvalue weighted by Crippen LogP contribution is -2.33. The SMILES string of the molecule is CC(C(=O)NN)c1ccc(Cn2cccnc2=O)cc1. The largest absolute Gasteiger partial charge is 0.347 e. The van der Waals surface area contributed by atoms with E-state index < -0.39 is 0 Å². The second-order valence-electron chi connectivity index (χ2n) is 4.50. The van der Waals surface area contributed by atoms with Crippen molar-refractivity contribution in [3.8, 4) is 0 Å². The van der Waals surface area contributed by atoms with Crippen LogP contribution in [0.2, 0.25) is 0 Å². The van der Waals surface area contributed by atoms with Crippen molar-refractivity contribution in [2.45, 2.75) is 19.4 Å². The van der Waals surface area contributed by atoms with E-state index in [1.807, 2.05) is 24.3 Å². The van der Waals surface area contributed by atoms with Crippen LogP contribution < -0.4 is 17.0 Å². The number of carbonyl (C=O) groups excluding carboxylic acids is 1. The first-order chi connectivity index (χ1) is 9.61. The van der Waals surface area contributed by atoms with Gasteiger partial charge in [-0.05, 0) is 24.1 Å². The quantitative estimate of drug-likeness (QED) is 0.478. The molecule has 1 heterocycles. The van der Waals surface area contributed by atoms with Gasteiger partial charge < -0.3 is 0 Å². The average molecular weight is 272 g/mol. The molecule has 6 nitrogen and oxygen atoms in total. The molecule has 0 radical (unpaired) electrons. The lowest BCUT2D eigenvalue weighted by atomic mass is 9.99. The Kier molecular flexibility index (Phi) is 4.27. The van der Waals surface area contributed by atoms with Gasteiger partial charge in [-0.1, -0.05) is 24.3 Å². The Bertz CT molecular complexity index is 649. The predicted molar refractivity (Wildman–Crippen MR) is 74.8 cm³/mol. The molecule has 1 atom stereocenters. The molecule has 0 aliphatic carbocycles. The zero-order valence-corrected chi connectivity index (χ0v) is 11.1. The summed E-state index contributed by atoms with van der Waals surface area (Å²) in [6.45, 7) is 2.23. The fourth-order valence-corrected chi connectivity index (χ4v) is 1.89. The smallest absolute Gasteiger partial charge is 0.295 e. The highest BCUT2D eigenvalue weighted by atomic mass is 16.2. The standard InChI is InChI=1S/C14H16N4O2/c1-10(13(19)17-15)12-5-3-11(4-6-12)9-18-8-2-7-16-14(18)20/h2-8,10H,9,15H2,1H3,(H,17,19). The molecule has 1 aromatic carbocycles. The summed E-state index contributed by atoms with van der Waals surface area (Å²) in [5.41, 5.74) is 3.68. The van der Waals surface area contributed by atoms with Gasteiger partial charge >= 0.3 is 5.69 Å². The number of benzene rings is 1. The third-order valence-electron chi connectivity index (χ3n) is 3.15. The Morgan fingerprint density at radius 2 is 2.10 bits per heavy atom. The van der Waals surface area contributed by atoms with E-state index in [9.17, 15) is 9.59 Å². The number of amides is 1. The van der Waals surface area contributed by atoms with Crippen LogP contribution in [0.3, 0.4) is 0 Å². The molecule has 6 heteroatoms. The van der Waals surface area contributed by atoms with E-state index in [4.69, 9.17) is 5.84 Å². The van der Waals surface area contributed by atoms with Crippen LogP contribution in [0.15, 0.2) is 47.5 Å². The molecule has 20 heavy (non-hydrogen) atoms. The summed E-state index contributed by atoms with van der Waals surface area (Å²) in [4.78, 5) is 26.7. The van der Waals surface area contributed by atoms with Gasteiger partial charge in [-0.2, -0.15) is 0 Å². The maximum atomic E-state index is 11.5. The summed E-state index contributed by atoms with van der Waals surface area (Å²) in [6, 6.07) is 9.20. The average Bonchev–Trinajstić information content (AvgIpc) is 2.49. The highest BCUT2D eigenvalue weighted by Gasteiger charge is 2.13. The van der Waals surface area contributed by atoms with Crippen molar-refractivity contribution in [1.82, 2.24) is 15.0 Å². The minimum atomic E-state index is -0.310. The summed E-state index contributed by atoms with van der Waals surface area (Å²) in [5, 5.41) is 0. The monoisotopic (exact) mass is 272 g/mol. The van der Waals surface area contributed by atoms with E-state index in [0.717, 1.165) is 11.1 Å². The van der Waals surface area contributed by atoms with Crippen molar-refractivity contribution in [3.63, 3.8) is 0 Å². The first-order valence-electron chi connectivity index (χ1n) is 6.22. The second-order valence-corrected chi connectivity index (χ2v) is 4.50. The molecule has 1 aromatic heterocycles. The highest BCUT2D eigenvalue weighted by molar-refractivity contribution is 5.82. The number of nitrogens with two attached hydrogens (primary N) is 1. The van der Waals surface area contributed by atoms with Gasteiger partial charge in [-0.3, -0.25) is 14.8 Å². The minimum absolute atomic E-state index is 0.235. The second kappa shape index (κ2) is 6.12. The summed E-state index contributed by atoms with van der Waals surface area (Å²) in [7, 11) is 0. The molecule has 0 spiro atoms. The van der Waals surface area contributed by atoms with Crippen molar-refractivity contribution in [2.24, 2.45) is 5.84 Å². The maximum absolute atomic E-state index is 11.5. The van der Waals surface area contributed by atoms with E-state index in [2.05, 4.69) is 10.4 Å². The summed E-state index contributed by atoms with van der Waals surface area (Å²) in [5.74, 6) is 4.57. The molecule has 104 valence electrons. The number of hydrazine groups is 1. The maximum Gasteiger partial charge on any atom is 0.347 e. The number of nitrogens with zero attached hydrogens (tertiary/aromatic N) is 2. The molecule has 1 unspecified atom stereocenters. The van der Waals surface area contributed by atoms with Crippen LogP contribution in [0.4, 0.5) is 0 Å². The van der Waals surface area contributed by atoms with Crippen molar-refractivity contribution < 1.29 is 4.79 Å². The normalized spacial score (nSPS) is 11.9. The number of rotatable bonds is 4. The van der Waals surface area contributed by atoms with Gasteiger partial charge in [0.25, 0.3) is 0 Å². The fraction of sp³-hybridized carbons (Fsp3) is 0.214. The van der Waals surface area contributed by atoms with Crippen LogP contribution in [-0.4, -0.2) is 15.5 Å². The molecule has 0 aliphatic heterocycles. The van der Waals surface area contributed by atoms with Gasteiger partial charge in [-0.25, -0.2) is 15.6 Å². The van der Waals surface area contributed by atoms with E-state index in [1.54, 1.807) is 19.2 Å². The van der Waals surface area contributed by atoms with E-state index in [0.29, 0.717) is 6.54 Å². The van der Waals surface area contributed by atoms with Gasteiger partial charge in [0.2, 0.25) is 5.91 Å². The highest BCUT2D eigenvalue weighted by Crippen LogP contribution is 2.16. The van der Waals surface area contributed by atoms with Crippen LogP contribution in [0, 0.1) is 0 Å². The van der Waals surface area contributed by atoms with Crippen LogP contribution >= 0.6 is 0 Å². The number of hydrogen-bond acceptors (Lipinski definition) is 4. The zero-order chi connectivity index (χ0) is 14.5. The van der Waals surface area contributed by atoms with E-state index in [1.165, 1.54) is 10.8 Å². The molecule has 3 N–H and O–H groups in total. The Morgan fingerprint density at radius 3 is 2.70 bits per heavy atom. The fourth-order valence-electron chi connectivity index (χ4n) is 1.89. The number of hydrogen-bond donors (Lipinski definition) is 2. The molecule has 0 fully saturated rings. The number of nitrogens with one attached hydrogen (secondary N) is 1. The molecule has 2 aromatic rings. The number of carbonyl (C=O) groups is 1. The predicted octanol–water partition coefficient (Wildman–Crippen LogP) is 0.385. The van der Waals surface area contributed by atoms with Crippen molar-refractivity contribution in [3.05, 3.63) is 64.3 Å². The summed E-state index contributed by atoms with van der Waals surface area (Å²) in [6.07, 6.45) is 3.16. The molecule has 2 rings (SSSR count). The molecule has 0 bridgehead atoms. The van der Waals surface area contributed by atoms with Gasteiger partial charge in [0.05, 0.1) is 12.5 Å². The van der Waals surface area contributed by atoms with Gasteiger partial charge in [-0.15, -0.1) is 0 Å². The molecule has 0 saturated heterocycles. The van der Waals surface area contributed by atoms with Crippen molar-refractivity contribution >= 4 is 5.91 Å². The van der Waals surface area contributed by atoms with E-state index >= 15 is 0 Å². The third kappa shape index (κ3) is 3.10. The van der Waals surface area contributed by atoms with Gasteiger partial charge in [0.1, 0.15) is 0 Å². The lowest BCUT2D eigenvalue weighted by Gasteiger charge is -2.11. The Morgan fingerprint density at radius 1 is 1.40 bits per heavy atom. The minimum Gasteiger partial charge on any atom is -0.295 e. The number of aromatic nitrogens is 2. The Labute approximate surface area is 116 Å². The van der Waals surface area contributed by atoms with E-state index in [-0.39, 0.29) is 17.5 Å². The first-order valence-corrected chi connectivity index (χ1v) is 6.22. The summed E-state index contributed by atoms with van der Waals surface area (Å²) < 4.78 is 1.52. The van der Waals surface area contributed by atoms with Crippen LogP contribution in [0.25, 0.3) is 0 Å². The van der Waals surface area contributed by atoms with Crippen LogP contribution in [-0.2, 0) is 11.3 Å². The first kappa shape index (κ1) is 14.0. The van der Waals surface area contributed by atoms with Crippen LogP contribution in [0.1, 0.15) is 24.0 Å². The molecule has 1 amide bonds. The van der Waals surface area contributed by atoms with Crippen LogP contribution in [0.5, 0.6) is 0 Å². The lowest BCUT2D eigenvalue weighted by molar-refractivity contribution is -0.122. The Balaban J connectivity index is 2.15. The molecular weight excluding hydrogens is 256 g/mol. The summed E-state index contributed by atoms with van der Waals surface area (Å²) >= 11 is 0. The topological polar surface area (TPSA) is 90.0 Å². The molecule has 0 aliphatic rings. The van der Waals surface area contributed by atoms with Crippen molar-refractivity contribution in [1.29, 1.82) is 0 Å². The zero-order valence-electron chi connectivity index (χ0n) is 11.1. The Hall–Kier alpha value is -2.47. The van der Waals surface area contributed by atoms with Gasteiger partial charge in [0.15, 0.2) is 0 Å². The third-order valence-corrected chi connectivity index (χ3v) is 3.15. The molecule has 0 saturated carbocycles. The van der Waals surface area contributed by atoms with Crippen molar-refractivity contribution in [2.75, 3.05) is 0 Å². The van der Waals surface area contributed by atoms with Gasteiger partial charge in [0, 0.05) is 12.4 Å².